The summed E-state index contributed by atoms with van der Waals surface area (Å²) in [6.45, 7) is -0.0583. The monoisotopic (exact) mass is 678 g/mol. The molecule has 2 aliphatic rings. The first-order valence-corrected chi connectivity index (χ1v) is 13.8. The number of ether oxygens (including phenoxy) is 3. The molecule has 264 valence electrons. The highest BCUT2D eigenvalue weighted by atomic mass is 16.8. The Bertz CT molecular complexity index is 1460. The van der Waals surface area contributed by atoms with Gasteiger partial charge in [-0.05, 0) is 41.5 Å². The lowest BCUT2D eigenvalue weighted by atomic mass is 9.55. The SMILES string of the molecule is CC(=O)C1(O)O[C@H](CO)[C@](O[C@]2(C(C)=O)O[C@H](CO)[C@@](O)(C(C)=O)[C@@](O)(C(C)=O)[C@]2(O)C(C)=O)(C(C)=O)[C@@](O)(C(C)=O)[C@]1(O)C(C)=O. The van der Waals surface area contributed by atoms with Crippen LogP contribution in [0.1, 0.15) is 55.4 Å². The van der Waals surface area contributed by atoms with Crippen LogP contribution < -0.4 is 0 Å². The number of ketones is 8. The number of rotatable bonds is 12. The summed E-state index contributed by atoms with van der Waals surface area (Å²) in [5.74, 6) is -23.0. The Morgan fingerprint density at radius 2 is 0.894 bits per heavy atom. The number of aliphatic hydroxyl groups is 8. The minimum Gasteiger partial charge on any atom is -0.394 e. The van der Waals surface area contributed by atoms with Crippen molar-refractivity contribution in [3.63, 3.8) is 0 Å². The average Bonchev–Trinajstić information content (AvgIpc) is 2.95. The van der Waals surface area contributed by atoms with Gasteiger partial charge in [0.2, 0.25) is 22.4 Å². The predicted octanol–water partition coefficient (Wildman–Crippen LogP) is -5.72. The second-order valence-corrected chi connectivity index (χ2v) is 11.7. The summed E-state index contributed by atoms with van der Waals surface area (Å²) < 4.78 is 16.1. The number of hydrogen-bond acceptors (Lipinski definition) is 19. The Morgan fingerprint density at radius 3 is 1.17 bits per heavy atom. The molecule has 0 bridgehead atoms. The lowest BCUT2D eigenvalue weighted by molar-refractivity contribution is -0.455. The molecule has 0 aromatic heterocycles. The normalized spacial score (nSPS) is 43.5. The first kappa shape index (κ1) is 40.1. The van der Waals surface area contributed by atoms with E-state index in [0.29, 0.717) is 55.4 Å². The van der Waals surface area contributed by atoms with Gasteiger partial charge in [-0.25, -0.2) is 0 Å². The lowest BCUT2D eigenvalue weighted by Gasteiger charge is -2.66. The third-order valence-electron chi connectivity index (χ3n) is 9.32. The van der Waals surface area contributed by atoms with Crippen molar-refractivity contribution in [2.45, 2.75) is 113 Å². The van der Waals surface area contributed by atoms with Gasteiger partial charge in [0.05, 0.1) is 13.2 Å². The molecule has 2 heterocycles. The number of aliphatic hydroxyl groups excluding tert-OH is 2. The van der Waals surface area contributed by atoms with E-state index < -0.39 is 117 Å². The van der Waals surface area contributed by atoms with Crippen LogP contribution in [0.25, 0.3) is 0 Å². The van der Waals surface area contributed by atoms with Crippen molar-refractivity contribution >= 4 is 46.3 Å². The first-order valence-electron chi connectivity index (χ1n) is 13.8. The van der Waals surface area contributed by atoms with Gasteiger partial charge in [0.25, 0.3) is 11.6 Å². The Kier molecular flexibility index (Phi) is 10.1. The van der Waals surface area contributed by atoms with Crippen LogP contribution in [0.2, 0.25) is 0 Å². The highest BCUT2D eigenvalue weighted by molar-refractivity contribution is 6.11. The van der Waals surface area contributed by atoms with E-state index in [-0.39, 0.29) is 0 Å². The van der Waals surface area contributed by atoms with Gasteiger partial charge in [-0.15, -0.1) is 0 Å². The molecule has 19 heteroatoms. The van der Waals surface area contributed by atoms with Crippen LogP contribution >= 0.6 is 0 Å². The molecule has 2 rings (SSSR count). The number of carbonyl (C=O) groups excluding carboxylic acids is 8. The van der Waals surface area contributed by atoms with Gasteiger partial charge in [-0.2, -0.15) is 0 Å². The van der Waals surface area contributed by atoms with Gasteiger partial charge in [0, 0.05) is 13.8 Å². The predicted molar refractivity (Wildman–Crippen MR) is 146 cm³/mol. The van der Waals surface area contributed by atoms with E-state index in [1.807, 2.05) is 0 Å². The van der Waals surface area contributed by atoms with Crippen LogP contribution in [0, 0.1) is 0 Å². The zero-order chi connectivity index (χ0) is 37.3. The van der Waals surface area contributed by atoms with Gasteiger partial charge in [-0.1, -0.05) is 0 Å². The molecule has 8 N–H and O–H groups in total. The van der Waals surface area contributed by atoms with Crippen molar-refractivity contribution in [2.24, 2.45) is 0 Å². The Labute approximate surface area is 266 Å². The summed E-state index contributed by atoms with van der Waals surface area (Å²) in [4.78, 5) is 106. The summed E-state index contributed by atoms with van der Waals surface area (Å²) in [5.41, 5.74) is -25.3. The highest BCUT2D eigenvalue weighted by Gasteiger charge is 2.90. The Balaban J connectivity index is 3.44. The van der Waals surface area contributed by atoms with Gasteiger partial charge < -0.3 is 55.1 Å². The van der Waals surface area contributed by atoms with Gasteiger partial charge in [0.15, 0.2) is 57.5 Å². The molecule has 0 spiro atoms. The minimum atomic E-state index is -4.44. The van der Waals surface area contributed by atoms with Gasteiger partial charge in [-0.3, -0.25) is 38.4 Å². The molecule has 2 aliphatic heterocycles. The lowest BCUT2D eigenvalue weighted by Crippen LogP contribution is -2.95. The number of hydrogen-bond donors (Lipinski definition) is 8. The maximum atomic E-state index is 13.8. The second kappa shape index (κ2) is 11.8. The van der Waals surface area contributed by atoms with E-state index in [0.717, 1.165) is 0 Å². The third kappa shape index (κ3) is 4.19. The summed E-state index contributed by atoms with van der Waals surface area (Å²) in [7, 11) is 0. The van der Waals surface area contributed by atoms with E-state index in [4.69, 9.17) is 14.2 Å². The summed E-state index contributed by atoms with van der Waals surface area (Å²) in [5, 5.41) is 91.3. The summed E-state index contributed by atoms with van der Waals surface area (Å²) in [6, 6.07) is 0. The quantitative estimate of drug-likeness (QED) is 0.0953. The van der Waals surface area contributed by atoms with Crippen LogP contribution in [-0.4, -0.2) is 158 Å². The molecule has 2 fully saturated rings. The minimum absolute atomic E-state index is 0.358. The largest absolute Gasteiger partial charge is 0.394 e. The van der Waals surface area contributed by atoms with Crippen LogP contribution in [0.5, 0.6) is 0 Å². The average molecular weight is 679 g/mol. The van der Waals surface area contributed by atoms with Crippen molar-refractivity contribution in [1.29, 1.82) is 0 Å². The standard InChI is InChI=1S/C28H38O19/c1-11(31)21(39)19(9-29)46-28(18(8)38,26(43,16(6)36)23(21,40)13(3)33)47-22(12(2)32)20(10-30)45-27(44,17(7)37)25(42,15(5)35)24(22,41)14(4)34/h19-20,29-30,39-44H,9-10H2,1-8H3/t19-,20-,21+,22-,23+,24+,25-,26-,27?,28+/m1/s1. The molecule has 0 aromatic rings. The molecule has 1 unspecified atom stereocenters. The van der Waals surface area contributed by atoms with Crippen LogP contribution in [0.15, 0.2) is 0 Å². The fourth-order valence-electron chi connectivity index (χ4n) is 6.84. The first-order chi connectivity index (χ1) is 21.1. The van der Waals surface area contributed by atoms with E-state index in [1.54, 1.807) is 0 Å². The van der Waals surface area contributed by atoms with Gasteiger partial charge >= 0.3 is 0 Å². The number of carbonyl (C=O) groups is 8. The van der Waals surface area contributed by atoms with Gasteiger partial charge in [0.1, 0.15) is 12.2 Å². The molecule has 0 aromatic carbocycles. The van der Waals surface area contributed by atoms with E-state index in [2.05, 4.69) is 0 Å². The van der Waals surface area contributed by atoms with Crippen molar-refractivity contribution in [3.8, 4) is 0 Å². The van der Waals surface area contributed by atoms with Crippen molar-refractivity contribution < 1.29 is 93.4 Å². The van der Waals surface area contributed by atoms with Crippen LogP contribution in [0.3, 0.4) is 0 Å². The summed E-state index contributed by atoms with van der Waals surface area (Å²) >= 11 is 0. The van der Waals surface area contributed by atoms with E-state index >= 15 is 0 Å². The summed E-state index contributed by atoms with van der Waals surface area (Å²) in [6.07, 6.45) is -5.63. The molecule has 0 aliphatic carbocycles. The molecule has 47 heavy (non-hydrogen) atoms. The van der Waals surface area contributed by atoms with Crippen molar-refractivity contribution in [1.82, 2.24) is 0 Å². The molecular weight excluding hydrogens is 640 g/mol. The molecule has 10 atom stereocenters. The van der Waals surface area contributed by atoms with E-state index in [1.165, 1.54) is 0 Å². The molecule has 19 nitrogen and oxygen atoms in total. The molecular formula is C28H38O19. The Hall–Kier alpha value is -3.08. The molecule has 0 radical (unpaired) electrons. The smallest absolute Gasteiger partial charge is 0.271 e. The van der Waals surface area contributed by atoms with Crippen molar-refractivity contribution in [3.05, 3.63) is 0 Å². The van der Waals surface area contributed by atoms with E-state index in [9.17, 15) is 79.2 Å². The van der Waals surface area contributed by atoms with Crippen LogP contribution in [-0.2, 0) is 52.6 Å². The molecule has 0 saturated carbocycles. The second-order valence-electron chi connectivity index (χ2n) is 11.7. The van der Waals surface area contributed by atoms with Crippen molar-refractivity contribution in [2.75, 3.05) is 13.2 Å². The highest BCUT2D eigenvalue weighted by Crippen LogP contribution is 2.58. The fraction of sp³-hybridized carbons (Fsp3) is 0.714. The van der Waals surface area contributed by atoms with Crippen LogP contribution in [0.4, 0.5) is 0 Å². The maximum absolute atomic E-state index is 13.8. The Morgan fingerprint density at radius 1 is 0.489 bits per heavy atom. The number of Topliss-reactive ketones (excluding diaryl/α,β-unsaturated/α-hetero) is 8. The fourth-order valence-corrected chi connectivity index (χ4v) is 6.84. The third-order valence-corrected chi connectivity index (χ3v) is 9.32. The molecule has 2 saturated heterocycles. The maximum Gasteiger partial charge on any atom is 0.271 e. The topological polar surface area (TPSA) is 326 Å². The molecule has 0 amide bonds. The zero-order valence-electron chi connectivity index (χ0n) is 26.6. The zero-order valence-corrected chi connectivity index (χ0v) is 26.6.